The van der Waals surface area contributed by atoms with Crippen LogP contribution in [0, 0.1) is 11.8 Å². The normalized spacial score (nSPS) is 24.6. The van der Waals surface area contributed by atoms with E-state index in [1.165, 1.54) is 36.5 Å². The summed E-state index contributed by atoms with van der Waals surface area (Å²) >= 11 is 0. The molecule has 1 atom stereocenters. The van der Waals surface area contributed by atoms with Crippen LogP contribution in [0.15, 0.2) is 48.0 Å². The van der Waals surface area contributed by atoms with E-state index in [0.29, 0.717) is 17.6 Å². The number of carbonyl (C=O) groups is 1. The van der Waals surface area contributed by atoms with Crippen molar-refractivity contribution < 1.29 is 4.79 Å². The van der Waals surface area contributed by atoms with Crippen LogP contribution in [0.2, 0.25) is 0 Å². The van der Waals surface area contributed by atoms with E-state index in [1.807, 2.05) is 0 Å². The number of carbonyl (C=O) groups excluding carboxylic acids is 1. The highest BCUT2D eigenvalue weighted by molar-refractivity contribution is 6.03. The minimum absolute atomic E-state index is 0.314. The summed E-state index contributed by atoms with van der Waals surface area (Å²) in [7, 11) is 0. The third kappa shape index (κ3) is 2.49. The number of benzene rings is 2. The summed E-state index contributed by atoms with van der Waals surface area (Å²) in [5.41, 5.74) is 2.21. The van der Waals surface area contributed by atoms with Gasteiger partial charge in [0, 0.05) is 5.92 Å². The molecule has 1 unspecified atom stereocenters. The molecular weight excluding hydrogens is 268 g/mol. The van der Waals surface area contributed by atoms with E-state index in [-0.39, 0.29) is 0 Å². The first-order chi connectivity index (χ1) is 10.8. The number of hydrogen-bond acceptors (Lipinski definition) is 1. The molecule has 1 nitrogen and oxygen atoms in total. The quantitative estimate of drug-likeness (QED) is 0.677. The van der Waals surface area contributed by atoms with Crippen LogP contribution in [0.4, 0.5) is 0 Å². The molecule has 0 saturated heterocycles. The zero-order valence-electron chi connectivity index (χ0n) is 12.9. The Hall–Kier alpha value is -1.89. The number of allylic oxidation sites excluding steroid dienone is 1. The molecule has 0 aromatic heterocycles. The van der Waals surface area contributed by atoms with Gasteiger partial charge < -0.3 is 0 Å². The van der Waals surface area contributed by atoms with E-state index in [1.54, 1.807) is 0 Å². The predicted octanol–water partition coefficient (Wildman–Crippen LogP) is 5.39. The van der Waals surface area contributed by atoms with Crippen LogP contribution in [0.1, 0.15) is 44.1 Å². The fraction of sp³-hybridized carbons (Fsp3) is 0.381. The Balaban J connectivity index is 1.60. The van der Waals surface area contributed by atoms with Gasteiger partial charge in [0.25, 0.3) is 0 Å². The van der Waals surface area contributed by atoms with Crippen LogP contribution in [-0.2, 0) is 4.79 Å². The molecule has 22 heavy (non-hydrogen) atoms. The minimum atomic E-state index is 0.314. The van der Waals surface area contributed by atoms with Crippen LogP contribution < -0.4 is 0 Å². The lowest BCUT2D eigenvalue weighted by Gasteiger charge is -2.15. The minimum Gasteiger partial charge on any atom is -0.294 e. The van der Waals surface area contributed by atoms with Crippen molar-refractivity contribution in [2.75, 3.05) is 0 Å². The molecule has 0 aliphatic heterocycles. The first kappa shape index (κ1) is 13.8. The van der Waals surface area contributed by atoms with Crippen LogP contribution in [0.5, 0.6) is 0 Å². The summed E-state index contributed by atoms with van der Waals surface area (Å²) in [6.45, 7) is 0. The molecule has 0 bridgehead atoms. The van der Waals surface area contributed by atoms with E-state index in [2.05, 4.69) is 48.5 Å². The SMILES string of the molecule is O=C1/C(=C/c2ccc3ccccc3c2)CCC1C1CCCC1. The lowest BCUT2D eigenvalue weighted by molar-refractivity contribution is -0.119. The van der Waals surface area contributed by atoms with E-state index in [0.717, 1.165) is 24.0 Å². The second kappa shape index (κ2) is 5.72. The van der Waals surface area contributed by atoms with Crippen molar-refractivity contribution in [2.45, 2.75) is 38.5 Å². The fourth-order valence-electron chi connectivity index (χ4n) is 4.26. The van der Waals surface area contributed by atoms with Crippen molar-refractivity contribution in [3.63, 3.8) is 0 Å². The molecular formula is C21H22O. The molecule has 2 aromatic carbocycles. The molecule has 1 heteroatoms. The topological polar surface area (TPSA) is 17.1 Å². The third-order valence-electron chi connectivity index (χ3n) is 5.46. The maximum atomic E-state index is 12.7. The molecule has 0 amide bonds. The Bertz CT molecular complexity index is 734. The molecule has 0 spiro atoms. The molecule has 0 N–H and O–H groups in total. The van der Waals surface area contributed by atoms with Gasteiger partial charge in [0.05, 0.1) is 0 Å². The van der Waals surface area contributed by atoms with Gasteiger partial charge in [-0.15, -0.1) is 0 Å². The number of ketones is 1. The summed E-state index contributed by atoms with van der Waals surface area (Å²) in [4.78, 5) is 12.7. The van der Waals surface area contributed by atoms with Crippen molar-refractivity contribution in [3.05, 3.63) is 53.6 Å². The molecule has 4 rings (SSSR count). The smallest absolute Gasteiger partial charge is 0.162 e. The fourth-order valence-corrected chi connectivity index (χ4v) is 4.26. The molecule has 2 saturated carbocycles. The Labute approximate surface area is 132 Å². The summed E-state index contributed by atoms with van der Waals surface area (Å²) in [6.07, 6.45) is 9.33. The summed E-state index contributed by atoms with van der Waals surface area (Å²) in [5, 5.41) is 2.50. The first-order valence-electron chi connectivity index (χ1n) is 8.55. The van der Waals surface area contributed by atoms with Crippen molar-refractivity contribution >= 4 is 22.6 Å². The van der Waals surface area contributed by atoms with E-state index in [9.17, 15) is 4.79 Å². The number of fused-ring (bicyclic) bond motifs is 1. The van der Waals surface area contributed by atoms with Crippen LogP contribution in [0.25, 0.3) is 16.8 Å². The highest BCUT2D eigenvalue weighted by atomic mass is 16.1. The molecule has 2 aliphatic rings. The second-order valence-electron chi connectivity index (χ2n) is 6.83. The Morgan fingerprint density at radius 1 is 0.909 bits per heavy atom. The largest absolute Gasteiger partial charge is 0.294 e. The Kier molecular flexibility index (Phi) is 3.57. The van der Waals surface area contributed by atoms with Crippen molar-refractivity contribution in [3.8, 4) is 0 Å². The highest BCUT2D eigenvalue weighted by Gasteiger charge is 2.36. The lowest BCUT2D eigenvalue weighted by atomic mass is 9.88. The second-order valence-corrected chi connectivity index (χ2v) is 6.83. The highest BCUT2D eigenvalue weighted by Crippen LogP contribution is 2.40. The van der Waals surface area contributed by atoms with Crippen molar-refractivity contribution in [1.82, 2.24) is 0 Å². The van der Waals surface area contributed by atoms with E-state index >= 15 is 0 Å². The maximum Gasteiger partial charge on any atom is 0.162 e. The summed E-state index contributed by atoms with van der Waals surface area (Å²) in [6, 6.07) is 14.9. The third-order valence-corrected chi connectivity index (χ3v) is 5.46. The van der Waals surface area contributed by atoms with Gasteiger partial charge in [-0.1, -0.05) is 49.2 Å². The summed E-state index contributed by atoms with van der Waals surface area (Å²) in [5.74, 6) is 1.41. The monoisotopic (exact) mass is 290 g/mol. The van der Waals surface area contributed by atoms with E-state index in [4.69, 9.17) is 0 Å². The van der Waals surface area contributed by atoms with Gasteiger partial charge in [0.15, 0.2) is 5.78 Å². The number of rotatable bonds is 2. The molecule has 2 fully saturated rings. The zero-order chi connectivity index (χ0) is 14.9. The van der Waals surface area contributed by atoms with Gasteiger partial charge in [-0.05, 0) is 65.7 Å². The number of hydrogen-bond donors (Lipinski definition) is 0. The average molecular weight is 290 g/mol. The number of Topliss-reactive ketones (excluding diaryl/α,β-unsaturated/α-hetero) is 1. The van der Waals surface area contributed by atoms with Crippen LogP contribution in [0.3, 0.4) is 0 Å². The molecule has 112 valence electrons. The zero-order valence-corrected chi connectivity index (χ0v) is 12.9. The Morgan fingerprint density at radius 3 is 2.50 bits per heavy atom. The Morgan fingerprint density at radius 2 is 1.68 bits per heavy atom. The molecule has 0 heterocycles. The average Bonchev–Trinajstić information content (AvgIpc) is 3.18. The van der Waals surface area contributed by atoms with Gasteiger partial charge in [-0.2, -0.15) is 0 Å². The maximum absolute atomic E-state index is 12.7. The predicted molar refractivity (Wildman–Crippen MR) is 91.6 cm³/mol. The van der Waals surface area contributed by atoms with Gasteiger partial charge >= 0.3 is 0 Å². The van der Waals surface area contributed by atoms with Crippen LogP contribution in [-0.4, -0.2) is 5.78 Å². The van der Waals surface area contributed by atoms with Gasteiger partial charge in [0.2, 0.25) is 0 Å². The van der Waals surface area contributed by atoms with Crippen LogP contribution >= 0.6 is 0 Å². The molecule has 2 aromatic rings. The van der Waals surface area contributed by atoms with Crippen molar-refractivity contribution in [1.29, 1.82) is 0 Å². The van der Waals surface area contributed by atoms with Gasteiger partial charge in [-0.3, -0.25) is 4.79 Å². The first-order valence-corrected chi connectivity index (χ1v) is 8.55. The summed E-state index contributed by atoms with van der Waals surface area (Å²) < 4.78 is 0. The molecule has 0 radical (unpaired) electrons. The van der Waals surface area contributed by atoms with Gasteiger partial charge in [-0.25, -0.2) is 0 Å². The molecule has 2 aliphatic carbocycles. The lowest BCUT2D eigenvalue weighted by Crippen LogP contribution is -2.16. The van der Waals surface area contributed by atoms with E-state index < -0.39 is 0 Å². The van der Waals surface area contributed by atoms with Crippen molar-refractivity contribution in [2.24, 2.45) is 11.8 Å². The standard InChI is InChI=1S/C21H22O/c22-21-19(11-12-20(21)17-6-2-3-7-17)14-15-9-10-16-5-1-4-8-18(16)13-15/h1,4-5,8-10,13-14,17,20H,2-3,6-7,11-12H2/b19-14+. The van der Waals surface area contributed by atoms with Gasteiger partial charge in [0.1, 0.15) is 0 Å².